The second-order valence-electron chi connectivity index (χ2n) is 6.45. The zero-order valence-corrected chi connectivity index (χ0v) is 14.1. The Morgan fingerprint density at radius 2 is 1.95 bits per heavy atom. The minimum atomic E-state index is 0.227. The number of hydrogen-bond donors (Lipinski definition) is 1. The van der Waals surface area contributed by atoms with Crippen LogP contribution in [0.5, 0.6) is 0 Å². The fraction of sp³-hybridized carbons (Fsp3) is 0.765. The molecule has 1 unspecified atom stereocenters. The summed E-state index contributed by atoms with van der Waals surface area (Å²) < 4.78 is 0. The van der Waals surface area contributed by atoms with E-state index in [0.717, 1.165) is 13.0 Å². The molecular formula is C17H30N2S. The van der Waals surface area contributed by atoms with E-state index < -0.39 is 0 Å². The zero-order valence-electron chi connectivity index (χ0n) is 13.3. The van der Waals surface area contributed by atoms with E-state index in [1.807, 2.05) is 11.3 Å². The molecule has 0 aliphatic carbocycles. The Hall–Kier alpha value is -0.380. The van der Waals surface area contributed by atoms with Crippen LogP contribution in [0.25, 0.3) is 0 Å². The van der Waals surface area contributed by atoms with E-state index in [2.05, 4.69) is 48.5 Å². The van der Waals surface area contributed by atoms with Gasteiger partial charge in [-0.05, 0) is 64.2 Å². The molecule has 2 heterocycles. The predicted octanol–water partition coefficient (Wildman–Crippen LogP) is 3.92. The summed E-state index contributed by atoms with van der Waals surface area (Å²) in [5.41, 5.74) is 0.227. The third-order valence-corrected chi connectivity index (χ3v) is 5.61. The summed E-state index contributed by atoms with van der Waals surface area (Å²) in [5, 5.41) is 5.94. The molecule has 1 aromatic heterocycles. The van der Waals surface area contributed by atoms with Crippen LogP contribution in [0.3, 0.4) is 0 Å². The maximum Gasteiger partial charge on any atom is 0.0309 e. The monoisotopic (exact) mass is 294 g/mol. The van der Waals surface area contributed by atoms with Crippen LogP contribution in [0, 0.1) is 0 Å². The molecular weight excluding hydrogens is 264 g/mol. The van der Waals surface area contributed by atoms with Crippen molar-refractivity contribution in [1.29, 1.82) is 0 Å². The quantitative estimate of drug-likeness (QED) is 0.855. The Bertz CT molecular complexity index is 364. The van der Waals surface area contributed by atoms with Crippen LogP contribution in [0.2, 0.25) is 0 Å². The molecule has 0 radical (unpaired) electrons. The molecule has 1 aromatic rings. The molecule has 3 heteroatoms. The second-order valence-corrected chi connectivity index (χ2v) is 7.48. The SMILES string of the molecule is CCNC(Cc1cccs1)C(C)(C)N1CCCCCC1. The Balaban J connectivity index is 2.08. The van der Waals surface area contributed by atoms with Crippen molar-refractivity contribution in [3.8, 4) is 0 Å². The molecule has 2 nitrogen and oxygen atoms in total. The average Bonchev–Trinajstić information content (AvgIpc) is 2.77. The van der Waals surface area contributed by atoms with E-state index in [1.165, 1.54) is 43.6 Å². The summed E-state index contributed by atoms with van der Waals surface area (Å²) in [6.07, 6.45) is 6.68. The molecule has 1 aliphatic heterocycles. The first-order valence-corrected chi connectivity index (χ1v) is 9.03. The summed E-state index contributed by atoms with van der Waals surface area (Å²) in [5.74, 6) is 0. The van der Waals surface area contributed by atoms with E-state index in [9.17, 15) is 0 Å². The van der Waals surface area contributed by atoms with Crippen molar-refractivity contribution in [2.75, 3.05) is 19.6 Å². The summed E-state index contributed by atoms with van der Waals surface area (Å²) in [4.78, 5) is 4.22. The molecule has 1 fully saturated rings. The highest BCUT2D eigenvalue weighted by atomic mass is 32.1. The third-order valence-electron chi connectivity index (χ3n) is 4.71. The highest BCUT2D eigenvalue weighted by molar-refractivity contribution is 7.09. The van der Waals surface area contributed by atoms with Gasteiger partial charge in [-0.15, -0.1) is 11.3 Å². The van der Waals surface area contributed by atoms with Crippen LogP contribution < -0.4 is 5.32 Å². The van der Waals surface area contributed by atoms with Gasteiger partial charge in [0.05, 0.1) is 0 Å². The van der Waals surface area contributed by atoms with Crippen LogP contribution in [-0.4, -0.2) is 36.1 Å². The van der Waals surface area contributed by atoms with Crippen molar-refractivity contribution in [3.05, 3.63) is 22.4 Å². The Labute approximate surface area is 128 Å². The van der Waals surface area contributed by atoms with Gasteiger partial charge in [0, 0.05) is 16.5 Å². The van der Waals surface area contributed by atoms with Gasteiger partial charge in [-0.2, -0.15) is 0 Å². The molecule has 0 spiro atoms. The molecule has 0 aromatic carbocycles. The van der Waals surface area contributed by atoms with Crippen molar-refractivity contribution in [2.45, 2.75) is 64.5 Å². The molecule has 1 saturated heterocycles. The molecule has 1 aliphatic rings. The highest BCUT2D eigenvalue weighted by Crippen LogP contribution is 2.26. The fourth-order valence-corrected chi connectivity index (χ4v) is 4.07. The minimum absolute atomic E-state index is 0.227. The Morgan fingerprint density at radius 3 is 2.50 bits per heavy atom. The lowest BCUT2D eigenvalue weighted by Gasteiger charge is -2.44. The van der Waals surface area contributed by atoms with Crippen molar-refractivity contribution in [3.63, 3.8) is 0 Å². The van der Waals surface area contributed by atoms with Crippen LogP contribution >= 0.6 is 11.3 Å². The van der Waals surface area contributed by atoms with Gasteiger partial charge in [0.15, 0.2) is 0 Å². The largest absolute Gasteiger partial charge is 0.312 e. The van der Waals surface area contributed by atoms with Crippen LogP contribution in [0.15, 0.2) is 17.5 Å². The van der Waals surface area contributed by atoms with Gasteiger partial charge in [-0.1, -0.05) is 25.8 Å². The van der Waals surface area contributed by atoms with Crippen molar-refractivity contribution in [2.24, 2.45) is 0 Å². The van der Waals surface area contributed by atoms with E-state index in [4.69, 9.17) is 0 Å². The number of nitrogens with zero attached hydrogens (tertiary/aromatic N) is 1. The number of rotatable bonds is 6. The van der Waals surface area contributed by atoms with Crippen LogP contribution in [0.1, 0.15) is 51.3 Å². The van der Waals surface area contributed by atoms with Crippen molar-refractivity contribution >= 4 is 11.3 Å². The molecule has 1 N–H and O–H groups in total. The summed E-state index contributed by atoms with van der Waals surface area (Å²) >= 11 is 1.89. The lowest BCUT2D eigenvalue weighted by atomic mass is 9.89. The molecule has 0 bridgehead atoms. The summed E-state index contributed by atoms with van der Waals surface area (Å²) in [6, 6.07) is 4.97. The standard InChI is InChI=1S/C17H30N2S/c1-4-18-16(14-15-10-9-13-20-15)17(2,3)19-11-7-5-6-8-12-19/h9-10,13,16,18H,4-8,11-12,14H2,1-3H3. The fourth-order valence-electron chi connectivity index (χ4n) is 3.32. The second kappa shape index (κ2) is 7.58. The molecule has 1 atom stereocenters. The normalized spacial score (nSPS) is 19.8. The topological polar surface area (TPSA) is 15.3 Å². The van der Waals surface area contributed by atoms with Gasteiger partial charge < -0.3 is 5.32 Å². The van der Waals surface area contributed by atoms with Gasteiger partial charge >= 0.3 is 0 Å². The molecule has 20 heavy (non-hydrogen) atoms. The smallest absolute Gasteiger partial charge is 0.0309 e. The number of thiophene rings is 1. The van der Waals surface area contributed by atoms with E-state index in [1.54, 1.807) is 0 Å². The molecule has 0 saturated carbocycles. The minimum Gasteiger partial charge on any atom is -0.312 e. The predicted molar refractivity (Wildman–Crippen MR) is 89.6 cm³/mol. The summed E-state index contributed by atoms with van der Waals surface area (Å²) in [6.45, 7) is 10.7. The molecule has 2 rings (SSSR count). The third kappa shape index (κ3) is 4.06. The number of likely N-dealkylation sites (N-methyl/N-ethyl adjacent to an activating group) is 1. The van der Waals surface area contributed by atoms with E-state index in [0.29, 0.717) is 6.04 Å². The maximum absolute atomic E-state index is 3.74. The lowest BCUT2D eigenvalue weighted by molar-refractivity contribution is 0.0844. The molecule has 0 amide bonds. The number of nitrogens with one attached hydrogen (secondary N) is 1. The summed E-state index contributed by atoms with van der Waals surface area (Å²) in [7, 11) is 0. The van der Waals surface area contributed by atoms with Gasteiger partial charge in [0.1, 0.15) is 0 Å². The van der Waals surface area contributed by atoms with E-state index >= 15 is 0 Å². The maximum atomic E-state index is 3.74. The zero-order chi connectivity index (χ0) is 14.4. The average molecular weight is 295 g/mol. The van der Waals surface area contributed by atoms with Crippen LogP contribution in [0.4, 0.5) is 0 Å². The number of likely N-dealkylation sites (tertiary alicyclic amines) is 1. The van der Waals surface area contributed by atoms with Gasteiger partial charge in [0.25, 0.3) is 0 Å². The van der Waals surface area contributed by atoms with Gasteiger partial charge in [-0.3, -0.25) is 4.90 Å². The lowest BCUT2D eigenvalue weighted by Crippen LogP contribution is -2.58. The first kappa shape index (κ1) is 16.0. The van der Waals surface area contributed by atoms with E-state index in [-0.39, 0.29) is 5.54 Å². The highest BCUT2D eigenvalue weighted by Gasteiger charge is 2.35. The Morgan fingerprint density at radius 1 is 1.25 bits per heavy atom. The van der Waals surface area contributed by atoms with Crippen LogP contribution in [-0.2, 0) is 6.42 Å². The van der Waals surface area contributed by atoms with Gasteiger partial charge in [0.2, 0.25) is 0 Å². The first-order chi connectivity index (χ1) is 9.64. The van der Waals surface area contributed by atoms with Gasteiger partial charge in [-0.25, -0.2) is 0 Å². The van der Waals surface area contributed by atoms with Crippen molar-refractivity contribution in [1.82, 2.24) is 10.2 Å². The Kier molecular flexibility index (Phi) is 6.06. The first-order valence-electron chi connectivity index (χ1n) is 8.15. The van der Waals surface area contributed by atoms with Crippen molar-refractivity contribution < 1.29 is 0 Å². The molecule has 114 valence electrons. The number of hydrogen-bond acceptors (Lipinski definition) is 3.